The first-order chi connectivity index (χ1) is 10.4. The molecule has 1 heterocycles. The van der Waals surface area contributed by atoms with Gasteiger partial charge in [-0.15, -0.1) is 23.2 Å². The van der Waals surface area contributed by atoms with Gasteiger partial charge in [0.05, 0.1) is 23.7 Å². The molecule has 4 nitrogen and oxygen atoms in total. The zero-order valence-corrected chi connectivity index (χ0v) is 13.9. The van der Waals surface area contributed by atoms with Gasteiger partial charge in [-0.25, -0.2) is 9.48 Å². The lowest BCUT2D eigenvalue weighted by Crippen LogP contribution is -2.11. The Hall–Kier alpha value is -1.52. The number of hydrogen-bond donors (Lipinski definition) is 0. The molecule has 0 aliphatic heterocycles. The van der Waals surface area contributed by atoms with E-state index in [4.69, 9.17) is 27.9 Å². The van der Waals surface area contributed by atoms with Gasteiger partial charge in [0.2, 0.25) is 0 Å². The highest BCUT2D eigenvalue weighted by Gasteiger charge is 2.52. The van der Waals surface area contributed by atoms with Gasteiger partial charge in [-0.3, -0.25) is 0 Å². The van der Waals surface area contributed by atoms with E-state index in [0.29, 0.717) is 17.7 Å². The highest BCUT2D eigenvalue weighted by molar-refractivity contribution is 6.50. The number of para-hydroxylation sites is 1. The van der Waals surface area contributed by atoms with Crippen LogP contribution in [-0.4, -0.2) is 26.7 Å². The minimum atomic E-state index is -0.738. The third kappa shape index (κ3) is 2.85. The van der Waals surface area contributed by atoms with Gasteiger partial charge in [-0.1, -0.05) is 18.2 Å². The van der Waals surface area contributed by atoms with Crippen molar-refractivity contribution in [3.8, 4) is 5.69 Å². The fraction of sp³-hybridized carbons (Fsp3) is 0.375. The van der Waals surface area contributed by atoms with E-state index in [-0.39, 0.29) is 18.5 Å². The molecule has 0 unspecified atom stereocenters. The minimum Gasteiger partial charge on any atom is -0.462 e. The van der Waals surface area contributed by atoms with Gasteiger partial charge in [0, 0.05) is 5.92 Å². The van der Waals surface area contributed by atoms with Crippen molar-refractivity contribution in [1.29, 1.82) is 0 Å². The van der Waals surface area contributed by atoms with E-state index in [2.05, 4.69) is 5.10 Å². The second-order valence-electron chi connectivity index (χ2n) is 5.55. The number of carbonyl (C=O) groups is 1. The summed E-state index contributed by atoms with van der Waals surface area (Å²) in [6, 6.07) is 9.67. The molecule has 0 amide bonds. The molecular formula is C16H16Cl2N2O2. The molecule has 1 aliphatic rings. The molecule has 0 N–H and O–H groups in total. The van der Waals surface area contributed by atoms with Crippen LogP contribution in [0.3, 0.4) is 0 Å². The molecule has 0 spiro atoms. The van der Waals surface area contributed by atoms with Gasteiger partial charge in [0.15, 0.2) is 0 Å². The fourth-order valence-corrected chi connectivity index (χ4v) is 2.96. The van der Waals surface area contributed by atoms with Gasteiger partial charge in [0.1, 0.15) is 9.90 Å². The normalized spacial score (nSPS) is 19.0. The molecule has 0 saturated heterocycles. The summed E-state index contributed by atoms with van der Waals surface area (Å²) in [6.07, 6.45) is 0.657. The van der Waals surface area contributed by atoms with Gasteiger partial charge in [-0.05, 0) is 32.4 Å². The monoisotopic (exact) mass is 338 g/mol. The highest BCUT2D eigenvalue weighted by Crippen LogP contribution is 2.53. The number of rotatable bonds is 4. The first-order valence-corrected chi connectivity index (χ1v) is 7.82. The van der Waals surface area contributed by atoms with Gasteiger partial charge >= 0.3 is 5.97 Å². The van der Waals surface area contributed by atoms with Crippen LogP contribution in [-0.2, 0) is 4.74 Å². The summed E-state index contributed by atoms with van der Waals surface area (Å²) in [7, 11) is 0. The molecule has 1 aromatic heterocycles. The average molecular weight is 339 g/mol. The van der Waals surface area contributed by atoms with Crippen LogP contribution in [0.25, 0.3) is 5.69 Å². The molecule has 1 saturated carbocycles. The Balaban J connectivity index is 1.79. The number of halogens is 2. The maximum absolute atomic E-state index is 12.3. The molecule has 1 aromatic carbocycles. The van der Waals surface area contributed by atoms with Crippen LogP contribution >= 0.6 is 23.2 Å². The number of ether oxygens (including phenoxy) is 1. The van der Waals surface area contributed by atoms with E-state index in [1.54, 1.807) is 11.6 Å². The molecule has 6 heteroatoms. The van der Waals surface area contributed by atoms with Crippen LogP contribution < -0.4 is 0 Å². The molecule has 1 aliphatic carbocycles. The van der Waals surface area contributed by atoms with E-state index in [1.807, 2.05) is 37.3 Å². The fourth-order valence-electron chi connectivity index (χ4n) is 2.46. The quantitative estimate of drug-likeness (QED) is 0.628. The molecule has 1 fully saturated rings. The van der Waals surface area contributed by atoms with E-state index in [1.165, 1.54) is 0 Å². The number of nitrogens with zero attached hydrogens (tertiary/aromatic N) is 2. The van der Waals surface area contributed by atoms with Crippen molar-refractivity contribution < 1.29 is 9.53 Å². The average Bonchev–Trinajstić information content (AvgIpc) is 2.98. The Bertz CT molecular complexity index is 710. The Labute approximate surface area is 139 Å². The summed E-state index contributed by atoms with van der Waals surface area (Å²) in [6.45, 7) is 3.89. The summed E-state index contributed by atoms with van der Waals surface area (Å²) in [4.78, 5) is 12.3. The molecule has 0 bridgehead atoms. The molecule has 3 rings (SSSR count). The number of carbonyl (C=O) groups excluding carboxylic acids is 1. The van der Waals surface area contributed by atoms with Crippen molar-refractivity contribution in [1.82, 2.24) is 9.78 Å². The summed E-state index contributed by atoms with van der Waals surface area (Å²) < 4.78 is 6.35. The maximum atomic E-state index is 12.3. The SMILES string of the molecule is Cc1nn(-c2ccccc2)c(C)c1C(=O)OC[C@@H]1CC1(Cl)Cl. The summed E-state index contributed by atoms with van der Waals surface area (Å²) in [5, 5.41) is 4.44. The predicted octanol–water partition coefficient (Wildman–Crippen LogP) is 3.84. The molecular weight excluding hydrogens is 323 g/mol. The van der Waals surface area contributed by atoms with E-state index in [0.717, 1.165) is 11.4 Å². The Morgan fingerprint density at radius 1 is 1.36 bits per heavy atom. The van der Waals surface area contributed by atoms with Crippen LogP contribution in [0.15, 0.2) is 30.3 Å². The molecule has 2 aromatic rings. The lowest BCUT2D eigenvalue weighted by Gasteiger charge is -2.06. The van der Waals surface area contributed by atoms with E-state index < -0.39 is 4.33 Å². The van der Waals surface area contributed by atoms with Gasteiger partial charge < -0.3 is 4.74 Å². The predicted molar refractivity (Wildman–Crippen MR) is 85.9 cm³/mol. The van der Waals surface area contributed by atoms with Crippen molar-refractivity contribution in [2.24, 2.45) is 5.92 Å². The first kappa shape index (κ1) is 15.4. The van der Waals surface area contributed by atoms with Crippen molar-refractivity contribution in [2.75, 3.05) is 6.61 Å². The third-order valence-electron chi connectivity index (χ3n) is 3.87. The van der Waals surface area contributed by atoms with Crippen LogP contribution in [0.4, 0.5) is 0 Å². The smallest absolute Gasteiger partial charge is 0.341 e. The van der Waals surface area contributed by atoms with E-state index in [9.17, 15) is 4.79 Å². The summed E-state index contributed by atoms with van der Waals surface area (Å²) in [5.41, 5.74) is 2.81. The Kier molecular flexibility index (Phi) is 3.91. The first-order valence-electron chi connectivity index (χ1n) is 7.07. The molecule has 0 radical (unpaired) electrons. The van der Waals surface area contributed by atoms with Crippen LogP contribution in [0.5, 0.6) is 0 Å². The minimum absolute atomic E-state index is 0.0181. The number of aryl methyl sites for hydroxylation is 1. The molecule has 22 heavy (non-hydrogen) atoms. The topological polar surface area (TPSA) is 44.1 Å². The Morgan fingerprint density at radius 3 is 2.59 bits per heavy atom. The number of alkyl halides is 2. The highest BCUT2D eigenvalue weighted by atomic mass is 35.5. The lowest BCUT2D eigenvalue weighted by atomic mass is 10.2. The number of esters is 1. The third-order valence-corrected chi connectivity index (χ3v) is 4.79. The Morgan fingerprint density at radius 2 is 2.00 bits per heavy atom. The molecule has 1 atom stereocenters. The van der Waals surface area contributed by atoms with E-state index >= 15 is 0 Å². The largest absolute Gasteiger partial charge is 0.462 e. The molecule has 116 valence electrons. The number of hydrogen-bond acceptors (Lipinski definition) is 3. The van der Waals surface area contributed by atoms with Gasteiger partial charge in [0.25, 0.3) is 0 Å². The van der Waals surface area contributed by atoms with Crippen molar-refractivity contribution in [3.63, 3.8) is 0 Å². The second kappa shape index (κ2) is 5.60. The maximum Gasteiger partial charge on any atom is 0.341 e. The van der Waals surface area contributed by atoms with Crippen molar-refractivity contribution in [3.05, 3.63) is 47.3 Å². The van der Waals surface area contributed by atoms with Gasteiger partial charge in [-0.2, -0.15) is 5.10 Å². The number of aromatic nitrogens is 2. The van der Waals surface area contributed by atoms with Crippen LogP contribution in [0, 0.1) is 19.8 Å². The van der Waals surface area contributed by atoms with Crippen LogP contribution in [0.2, 0.25) is 0 Å². The summed E-state index contributed by atoms with van der Waals surface area (Å²) >= 11 is 11.9. The number of benzene rings is 1. The van der Waals surface area contributed by atoms with Crippen LogP contribution in [0.1, 0.15) is 28.2 Å². The standard InChI is InChI=1S/C16H16Cl2N2O2/c1-10-14(15(21)22-9-12-8-16(12,17)18)11(2)20(19-10)13-6-4-3-5-7-13/h3-7,12H,8-9H2,1-2H3/t12-/m0/s1. The van der Waals surface area contributed by atoms with Crippen molar-refractivity contribution >= 4 is 29.2 Å². The summed E-state index contributed by atoms with van der Waals surface area (Å²) in [5.74, 6) is -0.363. The lowest BCUT2D eigenvalue weighted by molar-refractivity contribution is 0.0483. The zero-order chi connectivity index (χ0) is 15.9. The second-order valence-corrected chi connectivity index (χ2v) is 7.10. The van der Waals surface area contributed by atoms with Crippen molar-refractivity contribution in [2.45, 2.75) is 24.6 Å². The zero-order valence-electron chi connectivity index (χ0n) is 12.3.